The summed E-state index contributed by atoms with van der Waals surface area (Å²) in [6.45, 7) is 0. The van der Waals surface area contributed by atoms with Crippen LogP contribution < -0.4 is 0 Å². The second-order valence-electron chi connectivity index (χ2n) is 11.9. The number of fused-ring (bicyclic) bond motifs is 3. The Balaban J connectivity index is 1.30. The Morgan fingerprint density at radius 3 is 1.58 bits per heavy atom. The van der Waals surface area contributed by atoms with Crippen LogP contribution >= 0.6 is 0 Å². The summed E-state index contributed by atoms with van der Waals surface area (Å²) in [5, 5.41) is 10.7. The van der Waals surface area contributed by atoms with E-state index in [0.29, 0.717) is 0 Å². The maximum atomic E-state index is 2.39. The highest BCUT2D eigenvalue weighted by Gasteiger charge is 2.20. The zero-order valence-corrected chi connectivity index (χ0v) is 24.0. The van der Waals surface area contributed by atoms with Gasteiger partial charge in [-0.2, -0.15) is 0 Å². The highest BCUT2D eigenvalue weighted by atomic mass is 14.2. The average molecular weight is 547 g/mol. The van der Waals surface area contributed by atoms with Gasteiger partial charge < -0.3 is 0 Å². The summed E-state index contributed by atoms with van der Waals surface area (Å²) in [7, 11) is 0. The largest absolute Gasteiger partial charge is 0.0616 e. The third-order valence-corrected chi connectivity index (χ3v) is 9.58. The lowest BCUT2D eigenvalue weighted by Crippen LogP contribution is -2.02. The SMILES string of the molecule is c1ccc2c(-c3ccc(-c4c5ccccc5c(-c5ccc6c7c(cccc57)CCC6)c5ccccc45)cc3)cccc2c1. The van der Waals surface area contributed by atoms with Gasteiger partial charge in [-0.25, -0.2) is 0 Å². The number of benzene rings is 8. The summed E-state index contributed by atoms with van der Waals surface area (Å²) in [4.78, 5) is 0. The minimum atomic E-state index is 1.17. The van der Waals surface area contributed by atoms with Gasteiger partial charge in [-0.3, -0.25) is 0 Å². The van der Waals surface area contributed by atoms with Gasteiger partial charge >= 0.3 is 0 Å². The summed E-state index contributed by atoms with van der Waals surface area (Å²) in [5.41, 5.74) is 10.8. The summed E-state index contributed by atoms with van der Waals surface area (Å²) in [6, 6.07) is 54.2. The first kappa shape index (κ1) is 24.4. The van der Waals surface area contributed by atoms with Crippen molar-refractivity contribution in [1.29, 1.82) is 0 Å². The van der Waals surface area contributed by atoms with Crippen molar-refractivity contribution in [3.63, 3.8) is 0 Å². The van der Waals surface area contributed by atoms with Crippen LogP contribution in [0.1, 0.15) is 17.5 Å². The molecule has 0 spiro atoms. The van der Waals surface area contributed by atoms with Gasteiger partial charge in [-0.15, -0.1) is 0 Å². The van der Waals surface area contributed by atoms with Gasteiger partial charge in [0.05, 0.1) is 0 Å². The molecule has 43 heavy (non-hydrogen) atoms. The highest BCUT2D eigenvalue weighted by molar-refractivity contribution is 6.23. The smallest absolute Gasteiger partial charge is 0.00201 e. The van der Waals surface area contributed by atoms with Crippen molar-refractivity contribution in [2.45, 2.75) is 19.3 Å². The van der Waals surface area contributed by atoms with E-state index in [2.05, 4.69) is 146 Å². The Kier molecular flexibility index (Phi) is 5.49. The van der Waals surface area contributed by atoms with Crippen molar-refractivity contribution in [3.8, 4) is 33.4 Å². The Hall–Kier alpha value is -5.20. The molecule has 0 saturated heterocycles. The van der Waals surface area contributed by atoms with Crippen molar-refractivity contribution in [2.24, 2.45) is 0 Å². The van der Waals surface area contributed by atoms with Crippen LogP contribution in [-0.2, 0) is 12.8 Å². The third kappa shape index (κ3) is 3.76. The van der Waals surface area contributed by atoms with Crippen molar-refractivity contribution >= 4 is 43.1 Å². The number of hydrogen-bond donors (Lipinski definition) is 0. The Morgan fingerprint density at radius 1 is 0.326 bits per heavy atom. The van der Waals surface area contributed by atoms with Crippen LogP contribution in [0.25, 0.3) is 76.5 Å². The number of hydrogen-bond acceptors (Lipinski definition) is 0. The lowest BCUT2D eigenvalue weighted by Gasteiger charge is -2.22. The molecule has 0 heterocycles. The van der Waals surface area contributed by atoms with E-state index >= 15 is 0 Å². The van der Waals surface area contributed by atoms with Crippen molar-refractivity contribution in [1.82, 2.24) is 0 Å². The van der Waals surface area contributed by atoms with Gasteiger partial charge in [0.2, 0.25) is 0 Å². The van der Waals surface area contributed by atoms with E-state index in [0.717, 1.165) is 0 Å². The minimum absolute atomic E-state index is 1.17. The molecule has 1 aliphatic carbocycles. The predicted octanol–water partition coefficient (Wildman–Crippen LogP) is 11.8. The first-order valence-electron chi connectivity index (χ1n) is 15.4. The number of aryl methyl sites for hydroxylation is 2. The predicted molar refractivity (Wildman–Crippen MR) is 185 cm³/mol. The Morgan fingerprint density at radius 2 is 0.860 bits per heavy atom. The van der Waals surface area contributed by atoms with Crippen molar-refractivity contribution in [3.05, 3.63) is 157 Å². The third-order valence-electron chi connectivity index (χ3n) is 9.58. The van der Waals surface area contributed by atoms with E-state index in [1.807, 2.05) is 0 Å². The molecule has 0 N–H and O–H groups in total. The summed E-state index contributed by atoms with van der Waals surface area (Å²) < 4.78 is 0. The maximum Gasteiger partial charge on any atom is -0.00201 e. The van der Waals surface area contributed by atoms with Crippen LogP contribution in [0, 0.1) is 0 Å². The monoisotopic (exact) mass is 546 g/mol. The molecular formula is C43H30. The van der Waals surface area contributed by atoms with Crippen molar-refractivity contribution in [2.75, 3.05) is 0 Å². The van der Waals surface area contributed by atoms with Gasteiger partial charge in [-0.1, -0.05) is 146 Å². The van der Waals surface area contributed by atoms with Crippen LogP contribution in [0.5, 0.6) is 0 Å². The van der Waals surface area contributed by atoms with E-state index < -0.39 is 0 Å². The van der Waals surface area contributed by atoms with Crippen LogP contribution in [0.3, 0.4) is 0 Å². The second-order valence-corrected chi connectivity index (χ2v) is 11.9. The molecule has 202 valence electrons. The molecule has 0 heteroatoms. The van der Waals surface area contributed by atoms with Gasteiger partial charge in [0.15, 0.2) is 0 Å². The van der Waals surface area contributed by atoms with E-state index in [1.165, 1.54) is 107 Å². The molecule has 0 bridgehead atoms. The molecule has 0 atom stereocenters. The highest BCUT2D eigenvalue weighted by Crippen LogP contribution is 2.46. The average Bonchev–Trinajstić information content (AvgIpc) is 3.08. The normalized spacial score (nSPS) is 12.8. The fourth-order valence-corrected chi connectivity index (χ4v) is 7.69. The molecule has 8 aromatic rings. The lowest BCUT2D eigenvalue weighted by atomic mass is 9.81. The van der Waals surface area contributed by atoms with Gasteiger partial charge in [-0.05, 0) is 107 Å². The molecule has 0 radical (unpaired) electrons. The van der Waals surface area contributed by atoms with E-state index in [1.54, 1.807) is 0 Å². The summed E-state index contributed by atoms with van der Waals surface area (Å²) >= 11 is 0. The molecule has 0 aliphatic heterocycles. The zero-order valence-electron chi connectivity index (χ0n) is 24.0. The molecule has 0 nitrogen and oxygen atoms in total. The van der Waals surface area contributed by atoms with Gasteiger partial charge in [0.25, 0.3) is 0 Å². The fourth-order valence-electron chi connectivity index (χ4n) is 7.69. The standard InChI is InChI=1S/C43H30/c1-2-15-33-28(10-1)11-8-20-34(33)29-22-24-32(25-23-29)42-36-16-3-5-18-38(36)43(39-19-6-4-17-37(39)42)40-27-26-31-13-7-12-30-14-9-21-35(40)41(30)31/h1-6,8-11,14-27H,7,12-13H2. The van der Waals surface area contributed by atoms with Crippen molar-refractivity contribution < 1.29 is 0 Å². The molecule has 0 amide bonds. The van der Waals surface area contributed by atoms with E-state index in [4.69, 9.17) is 0 Å². The lowest BCUT2D eigenvalue weighted by molar-refractivity contribution is 0.808. The molecule has 1 aliphatic rings. The van der Waals surface area contributed by atoms with Crippen LogP contribution in [0.15, 0.2) is 146 Å². The maximum absolute atomic E-state index is 2.39. The molecule has 8 aromatic carbocycles. The molecular weight excluding hydrogens is 516 g/mol. The van der Waals surface area contributed by atoms with E-state index in [-0.39, 0.29) is 0 Å². The quantitative estimate of drug-likeness (QED) is 0.193. The Labute approximate surface area is 251 Å². The topological polar surface area (TPSA) is 0 Å². The Bertz CT molecular complexity index is 2280. The molecule has 0 fully saturated rings. The molecule has 9 rings (SSSR count). The molecule has 0 unspecified atom stereocenters. The van der Waals surface area contributed by atoms with Crippen LogP contribution in [-0.4, -0.2) is 0 Å². The van der Waals surface area contributed by atoms with Crippen LogP contribution in [0.4, 0.5) is 0 Å². The summed E-state index contributed by atoms with van der Waals surface area (Å²) in [5.74, 6) is 0. The van der Waals surface area contributed by atoms with Gasteiger partial charge in [0.1, 0.15) is 0 Å². The minimum Gasteiger partial charge on any atom is -0.0616 e. The first-order chi connectivity index (χ1) is 21.3. The first-order valence-corrected chi connectivity index (χ1v) is 15.4. The van der Waals surface area contributed by atoms with E-state index in [9.17, 15) is 0 Å². The van der Waals surface area contributed by atoms with Crippen LogP contribution in [0.2, 0.25) is 0 Å². The molecule has 0 aromatic heterocycles. The fraction of sp³-hybridized carbons (Fsp3) is 0.0698. The molecule has 0 saturated carbocycles. The zero-order chi connectivity index (χ0) is 28.3. The summed E-state index contributed by atoms with van der Waals surface area (Å²) in [6.07, 6.45) is 3.58. The number of rotatable bonds is 3. The second kappa shape index (κ2) is 9.68. The van der Waals surface area contributed by atoms with Gasteiger partial charge in [0, 0.05) is 0 Å².